The average Bonchev–Trinajstić information content (AvgIpc) is 2.96. The van der Waals surface area contributed by atoms with Crippen molar-refractivity contribution in [2.75, 3.05) is 32.8 Å². The van der Waals surface area contributed by atoms with Gasteiger partial charge >= 0.3 is 6.09 Å². The van der Waals surface area contributed by atoms with E-state index in [1.165, 1.54) is 11.3 Å². The number of piperazine rings is 1. The summed E-state index contributed by atoms with van der Waals surface area (Å²) in [4.78, 5) is 28.7. The lowest BCUT2D eigenvalue weighted by Gasteiger charge is -2.33. The van der Waals surface area contributed by atoms with Crippen LogP contribution >= 0.6 is 11.3 Å². The number of hydrazine groups is 1. The molecule has 1 aliphatic rings. The number of nitrogens with two attached hydrogens (primary N) is 1. The lowest BCUT2D eigenvalue weighted by atomic mass is 10.3. The van der Waals surface area contributed by atoms with Gasteiger partial charge < -0.3 is 9.64 Å². The highest BCUT2D eigenvalue weighted by Gasteiger charge is 2.22. The summed E-state index contributed by atoms with van der Waals surface area (Å²) in [6, 6.07) is 3.71. The molecule has 0 atom stereocenters. The van der Waals surface area contributed by atoms with Gasteiger partial charge in [-0.1, -0.05) is 0 Å². The molecule has 2 rings (SSSR count). The summed E-state index contributed by atoms with van der Waals surface area (Å²) >= 11 is 1.44. The number of nitrogens with zero attached hydrogens (tertiary/aromatic N) is 2. The maximum atomic E-state index is 11.6. The summed E-state index contributed by atoms with van der Waals surface area (Å²) in [5.74, 6) is 4.85. The van der Waals surface area contributed by atoms with Crippen LogP contribution in [0.15, 0.2) is 12.1 Å². The summed E-state index contributed by atoms with van der Waals surface area (Å²) in [5.41, 5.74) is 2.13. The molecule has 8 heteroatoms. The normalized spacial score (nSPS) is 15.8. The first-order valence-electron chi connectivity index (χ1n) is 6.87. The van der Waals surface area contributed by atoms with Gasteiger partial charge in [0.2, 0.25) is 0 Å². The lowest BCUT2D eigenvalue weighted by molar-refractivity contribution is 0.0780. The van der Waals surface area contributed by atoms with E-state index in [2.05, 4.69) is 10.3 Å². The number of thiophene rings is 1. The van der Waals surface area contributed by atoms with Gasteiger partial charge in [0.05, 0.1) is 11.5 Å². The molecule has 0 spiro atoms. The number of rotatable bonds is 4. The Morgan fingerprint density at radius 2 is 2.05 bits per heavy atom. The Labute approximate surface area is 127 Å². The van der Waals surface area contributed by atoms with Crippen LogP contribution in [-0.2, 0) is 11.3 Å². The molecule has 1 aliphatic heterocycles. The van der Waals surface area contributed by atoms with Crippen LogP contribution in [0.5, 0.6) is 0 Å². The van der Waals surface area contributed by atoms with Crippen LogP contribution in [0.3, 0.4) is 0 Å². The number of nitrogen functional groups attached to an aromatic ring is 1. The van der Waals surface area contributed by atoms with E-state index in [1.807, 2.05) is 6.07 Å². The van der Waals surface area contributed by atoms with Crippen LogP contribution in [-0.4, -0.2) is 54.6 Å². The third kappa shape index (κ3) is 4.16. The number of nitrogens with one attached hydrogen (secondary N) is 1. The Bertz CT molecular complexity index is 497. The fraction of sp³-hybridized carbons (Fsp3) is 0.538. The standard InChI is InChI=1S/C13H20N4O3S/c1-2-20-13(19)17-7-5-16(6-8-17)9-10-3-4-11(21-10)12(18)15-14/h3-4H,2,5-9,14H2,1H3,(H,15,18). The predicted molar refractivity (Wildman–Crippen MR) is 79.8 cm³/mol. The lowest BCUT2D eigenvalue weighted by Crippen LogP contribution is -2.48. The van der Waals surface area contributed by atoms with Gasteiger partial charge in [0.25, 0.3) is 5.91 Å². The van der Waals surface area contributed by atoms with Crippen LogP contribution in [0.4, 0.5) is 4.79 Å². The second-order valence-corrected chi connectivity index (χ2v) is 5.87. The minimum absolute atomic E-state index is 0.241. The molecule has 1 saturated heterocycles. The fourth-order valence-corrected chi connectivity index (χ4v) is 3.13. The first-order valence-corrected chi connectivity index (χ1v) is 7.69. The van der Waals surface area contributed by atoms with E-state index in [9.17, 15) is 9.59 Å². The molecule has 1 fully saturated rings. The second kappa shape index (κ2) is 7.39. The van der Waals surface area contributed by atoms with Gasteiger partial charge in [-0.25, -0.2) is 10.6 Å². The van der Waals surface area contributed by atoms with Gasteiger partial charge in [-0.3, -0.25) is 15.1 Å². The molecule has 2 heterocycles. The molecule has 7 nitrogen and oxygen atoms in total. The number of hydrogen-bond donors (Lipinski definition) is 2. The number of amides is 2. The maximum Gasteiger partial charge on any atom is 0.409 e. The number of hydrogen-bond acceptors (Lipinski definition) is 6. The first kappa shape index (κ1) is 15.7. The van der Waals surface area contributed by atoms with Crippen LogP contribution < -0.4 is 11.3 Å². The van der Waals surface area contributed by atoms with Crippen molar-refractivity contribution in [3.8, 4) is 0 Å². The molecule has 0 saturated carbocycles. The van der Waals surface area contributed by atoms with Crippen LogP contribution in [0.25, 0.3) is 0 Å². The molecule has 116 valence electrons. The largest absolute Gasteiger partial charge is 0.450 e. The molecule has 0 unspecified atom stereocenters. The molecule has 0 radical (unpaired) electrons. The summed E-state index contributed by atoms with van der Waals surface area (Å²) in [7, 11) is 0. The van der Waals surface area contributed by atoms with Crippen molar-refractivity contribution < 1.29 is 14.3 Å². The highest BCUT2D eigenvalue weighted by Crippen LogP contribution is 2.19. The van der Waals surface area contributed by atoms with E-state index in [0.717, 1.165) is 24.5 Å². The predicted octanol–water partition coefficient (Wildman–Crippen LogP) is 0.626. The molecule has 1 aromatic rings. The minimum atomic E-state index is -0.265. The second-order valence-electron chi connectivity index (χ2n) is 4.70. The maximum absolute atomic E-state index is 11.6. The number of ether oxygens (including phenoxy) is 1. The third-order valence-electron chi connectivity index (χ3n) is 3.29. The van der Waals surface area contributed by atoms with Crippen molar-refractivity contribution in [2.45, 2.75) is 13.5 Å². The van der Waals surface area contributed by atoms with E-state index in [4.69, 9.17) is 10.6 Å². The number of carbonyl (C=O) groups excluding carboxylic acids is 2. The zero-order valence-electron chi connectivity index (χ0n) is 12.0. The Morgan fingerprint density at radius 1 is 1.33 bits per heavy atom. The Hall–Kier alpha value is -1.64. The van der Waals surface area contributed by atoms with Crippen molar-refractivity contribution in [3.05, 3.63) is 21.9 Å². The van der Waals surface area contributed by atoms with Gasteiger partial charge in [0.1, 0.15) is 0 Å². The molecule has 3 N–H and O–H groups in total. The highest BCUT2D eigenvalue weighted by molar-refractivity contribution is 7.14. The van der Waals surface area contributed by atoms with E-state index < -0.39 is 0 Å². The Balaban J connectivity index is 1.82. The van der Waals surface area contributed by atoms with E-state index in [-0.39, 0.29) is 12.0 Å². The quantitative estimate of drug-likeness (QED) is 0.483. The summed E-state index contributed by atoms with van der Waals surface area (Å²) < 4.78 is 4.99. The zero-order chi connectivity index (χ0) is 15.2. The number of carbonyl (C=O) groups is 2. The zero-order valence-corrected chi connectivity index (χ0v) is 12.8. The van der Waals surface area contributed by atoms with Crippen LogP contribution in [0.1, 0.15) is 21.5 Å². The molecule has 0 bridgehead atoms. The smallest absolute Gasteiger partial charge is 0.409 e. The highest BCUT2D eigenvalue weighted by atomic mass is 32.1. The van der Waals surface area contributed by atoms with Crippen molar-refractivity contribution >= 4 is 23.3 Å². The van der Waals surface area contributed by atoms with Crippen molar-refractivity contribution in [2.24, 2.45) is 5.84 Å². The van der Waals surface area contributed by atoms with Gasteiger partial charge in [-0.15, -0.1) is 11.3 Å². The van der Waals surface area contributed by atoms with Gasteiger partial charge in [-0.05, 0) is 19.1 Å². The molecular weight excluding hydrogens is 292 g/mol. The summed E-state index contributed by atoms with van der Waals surface area (Å²) in [6.45, 7) is 5.92. The molecule has 0 aliphatic carbocycles. The summed E-state index contributed by atoms with van der Waals surface area (Å²) in [5, 5.41) is 0. The molecule has 0 aromatic carbocycles. The first-order chi connectivity index (χ1) is 10.1. The third-order valence-corrected chi connectivity index (χ3v) is 4.36. The van der Waals surface area contributed by atoms with Crippen molar-refractivity contribution in [1.29, 1.82) is 0 Å². The van der Waals surface area contributed by atoms with Crippen molar-refractivity contribution in [1.82, 2.24) is 15.2 Å². The molecule has 2 amide bonds. The van der Waals surface area contributed by atoms with Crippen molar-refractivity contribution in [3.63, 3.8) is 0 Å². The average molecular weight is 312 g/mol. The van der Waals surface area contributed by atoms with E-state index in [0.29, 0.717) is 24.6 Å². The van der Waals surface area contributed by atoms with E-state index in [1.54, 1.807) is 17.9 Å². The minimum Gasteiger partial charge on any atom is -0.450 e. The molecule has 21 heavy (non-hydrogen) atoms. The molecule has 1 aromatic heterocycles. The van der Waals surface area contributed by atoms with Gasteiger partial charge in [0.15, 0.2) is 0 Å². The Kier molecular flexibility index (Phi) is 5.54. The fourth-order valence-electron chi connectivity index (χ4n) is 2.18. The van der Waals surface area contributed by atoms with Crippen LogP contribution in [0, 0.1) is 0 Å². The monoisotopic (exact) mass is 312 g/mol. The van der Waals surface area contributed by atoms with E-state index >= 15 is 0 Å². The summed E-state index contributed by atoms with van der Waals surface area (Å²) in [6.07, 6.45) is -0.241. The topological polar surface area (TPSA) is 87.9 Å². The Morgan fingerprint density at radius 3 is 2.67 bits per heavy atom. The van der Waals surface area contributed by atoms with Gasteiger partial charge in [0, 0.05) is 37.6 Å². The molecular formula is C13H20N4O3S. The van der Waals surface area contributed by atoms with Crippen LogP contribution in [0.2, 0.25) is 0 Å². The SMILES string of the molecule is CCOC(=O)N1CCN(Cc2ccc(C(=O)NN)s2)CC1. The van der Waals surface area contributed by atoms with Gasteiger partial charge in [-0.2, -0.15) is 0 Å².